The lowest BCUT2D eigenvalue weighted by molar-refractivity contribution is 0.0737. The molecular formula is C23H26N2O3. The molecule has 1 amide bonds. The highest BCUT2D eigenvalue weighted by molar-refractivity contribution is 6.07. The second kappa shape index (κ2) is 7.58. The third-order valence-electron chi connectivity index (χ3n) is 5.67. The molecule has 0 bridgehead atoms. The Labute approximate surface area is 165 Å². The number of methoxy groups -OCH3 is 2. The Kier molecular flexibility index (Phi) is 4.99. The second-order valence-electron chi connectivity index (χ2n) is 7.12. The largest absolute Gasteiger partial charge is 0.493 e. The van der Waals surface area contributed by atoms with Gasteiger partial charge in [-0.3, -0.25) is 4.79 Å². The molecule has 146 valence electrons. The van der Waals surface area contributed by atoms with Gasteiger partial charge < -0.3 is 18.9 Å². The number of hydrogen-bond donors (Lipinski definition) is 0. The molecule has 0 radical (unpaired) electrons. The maximum Gasteiger partial charge on any atom is 0.256 e. The van der Waals surface area contributed by atoms with Crippen LogP contribution in [0.25, 0.3) is 10.9 Å². The molecule has 3 aromatic rings. The van der Waals surface area contributed by atoms with Crippen molar-refractivity contribution < 1.29 is 14.3 Å². The smallest absolute Gasteiger partial charge is 0.256 e. The summed E-state index contributed by atoms with van der Waals surface area (Å²) < 4.78 is 13.0. The van der Waals surface area contributed by atoms with E-state index in [0.29, 0.717) is 11.5 Å². The summed E-state index contributed by atoms with van der Waals surface area (Å²) in [5.74, 6) is 1.50. The van der Waals surface area contributed by atoms with Crippen molar-refractivity contribution in [2.45, 2.75) is 32.4 Å². The fourth-order valence-corrected chi connectivity index (χ4v) is 4.25. The van der Waals surface area contributed by atoms with E-state index >= 15 is 0 Å². The Morgan fingerprint density at radius 3 is 2.64 bits per heavy atom. The molecule has 1 atom stereocenters. The first kappa shape index (κ1) is 18.4. The van der Waals surface area contributed by atoms with Crippen LogP contribution in [0.2, 0.25) is 0 Å². The number of likely N-dealkylation sites (tertiary alicyclic amines) is 1. The summed E-state index contributed by atoms with van der Waals surface area (Å²) in [5.41, 5.74) is 2.97. The Morgan fingerprint density at radius 2 is 1.89 bits per heavy atom. The van der Waals surface area contributed by atoms with Crippen molar-refractivity contribution >= 4 is 16.8 Å². The van der Waals surface area contributed by atoms with Gasteiger partial charge in [0, 0.05) is 30.2 Å². The van der Waals surface area contributed by atoms with Crippen LogP contribution in [0.15, 0.2) is 48.7 Å². The van der Waals surface area contributed by atoms with Gasteiger partial charge in [-0.25, -0.2) is 0 Å². The number of carbonyl (C=O) groups excluding carboxylic acids is 1. The number of nitrogens with zero attached hydrogens (tertiary/aromatic N) is 2. The van der Waals surface area contributed by atoms with Gasteiger partial charge in [0.1, 0.15) is 0 Å². The average Bonchev–Trinajstić information content (AvgIpc) is 3.37. The van der Waals surface area contributed by atoms with Crippen LogP contribution in [0.5, 0.6) is 11.5 Å². The number of hydrogen-bond acceptors (Lipinski definition) is 3. The third kappa shape index (κ3) is 3.01. The van der Waals surface area contributed by atoms with Crippen LogP contribution in [-0.4, -0.2) is 36.1 Å². The number of benzene rings is 2. The zero-order chi connectivity index (χ0) is 19.7. The first-order valence-corrected chi connectivity index (χ1v) is 9.78. The predicted octanol–water partition coefficient (Wildman–Crippen LogP) is 4.66. The Bertz CT molecular complexity index is 1010. The molecule has 5 heteroatoms. The number of carbonyl (C=O) groups is 1. The Morgan fingerprint density at radius 1 is 1.11 bits per heavy atom. The van der Waals surface area contributed by atoms with Crippen LogP contribution in [-0.2, 0) is 6.54 Å². The van der Waals surface area contributed by atoms with Gasteiger partial charge in [-0.15, -0.1) is 0 Å². The molecule has 0 saturated carbocycles. The lowest BCUT2D eigenvalue weighted by Gasteiger charge is -2.25. The van der Waals surface area contributed by atoms with E-state index in [9.17, 15) is 4.79 Å². The van der Waals surface area contributed by atoms with Gasteiger partial charge >= 0.3 is 0 Å². The monoisotopic (exact) mass is 378 g/mol. The minimum Gasteiger partial charge on any atom is -0.493 e. The first-order chi connectivity index (χ1) is 13.7. The van der Waals surface area contributed by atoms with Gasteiger partial charge in [0.05, 0.1) is 25.8 Å². The molecule has 4 rings (SSSR count). The molecule has 0 spiro atoms. The Balaban J connectivity index is 1.70. The van der Waals surface area contributed by atoms with Gasteiger partial charge in [-0.2, -0.15) is 0 Å². The highest BCUT2D eigenvalue weighted by Gasteiger charge is 2.32. The molecule has 0 unspecified atom stereocenters. The Hall–Kier alpha value is -2.95. The van der Waals surface area contributed by atoms with Crippen molar-refractivity contribution in [2.75, 3.05) is 20.8 Å². The van der Waals surface area contributed by atoms with Gasteiger partial charge in [0.25, 0.3) is 5.91 Å². The summed E-state index contributed by atoms with van der Waals surface area (Å²) in [6.45, 7) is 3.71. The number of para-hydroxylation sites is 1. The topological polar surface area (TPSA) is 43.7 Å². The van der Waals surface area contributed by atoms with E-state index in [1.165, 1.54) is 0 Å². The number of aromatic nitrogens is 1. The van der Waals surface area contributed by atoms with Crippen LogP contribution in [0.4, 0.5) is 0 Å². The predicted molar refractivity (Wildman–Crippen MR) is 110 cm³/mol. The molecule has 1 aromatic heterocycles. The van der Waals surface area contributed by atoms with Crippen LogP contribution in [0.1, 0.15) is 41.7 Å². The summed E-state index contributed by atoms with van der Waals surface area (Å²) in [6.07, 6.45) is 3.95. The highest BCUT2D eigenvalue weighted by Crippen LogP contribution is 2.38. The van der Waals surface area contributed by atoms with E-state index in [4.69, 9.17) is 9.47 Å². The van der Waals surface area contributed by atoms with Crippen molar-refractivity contribution in [3.8, 4) is 11.5 Å². The minimum absolute atomic E-state index is 0.0519. The molecule has 1 saturated heterocycles. The average molecular weight is 378 g/mol. The summed E-state index contributed by atoms with van der Waals surface area (Å²) in [7, 11) is 3.27. The van der Waals surface area contributed by atoms with E-state index in [1.807, 2.05) is 47.5 Å². The summed E-state index contributed by atoms with van der Waals surface area (Å²) >= 11 is 0. The van der Waals surface area contributed by atoms with Gasteiger partial charge in [-0.1, -0.05) is 24.3 Å². The van der Waals surface area contributed by atoms with E-state index in [-0.39, 0.29) is 11.9 Å². The van der Waals surface area contributed by atoms with Crippen LogP contribution < -0.4 is 9.47 Å². The quantitative estimate of drug-likeness (QED) is 0.649. The first-order valence-electron chi connectivity index (χ1n) is 9.78. The van der Waals surface area contributed by atoms with Crippen molar-refractivity contribution in [1.82, 2.24) is 9.47 Å². The zero-order valence-electron chi connectivity index (χ0n) is 16.6. The molecular weight excluding hydrogens is 352 g/mol. The summed E-state index contributed by atoms with van der Waals surface area (Å²) in [6, 6.07) is 14.1. The van der Waals surface area contributed by atoms with E-state index in [1.54, 1.807) is 14.2 Å². The number of fused-ring (bicyclic) bond motifs is 1. The molecule has 28 heavy (non-hydrogen) atoms. The zero-order valence-corrected chi connectivity index (χ0v) is 16.6. The van der Waals surface area contributed by atoms with E-state index in [2.05, 4.69) is 17.6 Å². The number of aryl methyl sites for hydroxylation is 1. The second-order valence-corrected chi connectivity index (χ2v) is 7.12. The lowest BCUT2D eigenvalue weighted by atomic mass is 10.0. The van der Waals surface area contributed by atoms with E-state index in [0.717, 1.165) is 48.0 Å². The highest BCUT2D eigenvalue weighted by atomic mass is 16.5. The molecule has 2 heterocycles. The molecule has 1 fully saturated rings. The molecule has 2 aromatic carbocycles. The lowest BCUT2D eigenvalue weighted by Crippen LogP contribution is -2.30. The molecule has 5 nitrogen and oxygen atoms in total. The molecule has 0 aliphatic carbocycles. The van der Waals surface area contributed by atoms with Gasteiger partial charge in [0.2, 0.25) is 0 Å². The van der Waals surface area contributed by atoms with E-state index < -0.39 is 0 Å². The normalized spacial score (nSPS) is 16.5. The fourth-order valence-electron chi connectivity index (χ4n) is 4.25. The van der Waals surface area contributed by atoms with Gasteiger partial charge in [0.15, 0.2) is 11.5 Å². The molecule has 0 N–H and O–H groups in total. The summed E-state index contributed by atoms with van der Waals surface area (Å²) in [4.78, 5) is 15.5. The number of amides is 1. The third-order valence-corrected chi connectivity index (χ3v) is 5.67. The van der Waals surface area contributed by atoms with Crippen molar-refractivity contribution in [1.29, 1.82) is 0 Å². The number of ether oxygens (including phenoxy) is 2. The maximum atomic E-state index is 13.5. The minimum atomic E-state index is 0.0519. The van der Waals surface area contributed by atoms with Crippen molar-refractivity contribution in [3.63, 3.8) is 0 Å². The SMILES string of the molecule is CCn1cc(C(=O)N2CCC[C@@H]2c2ccc(OC)c(OC)c2)c2ccccc21. The maximum absolute atomic E-state index is 13.5. The number of rotatable bonds is 5. The van der Waals surface area contributed by atoms with Crippen molar-refractivity contribution in [2.24, 2.45) is 0 Å². The summed E-state index contributed by atoms with van der Waals surface area (Å²) in [5, 5.41) is 1.02. The van der Waals surface area contributed by atoms with Crippen molar-refractivity contribution in [3.05, 3.63) is 59.8 Å². The standard InChI is InChI=1S/C23H26N2O3/c1-4-24-15-18(17-8-5-6-9-20(17)24)23(26)25-13-7-10-19(25)16-11-12-21(27-2)22(14-16)28-3/h5-6,8-9,11-12,14-15,19H,4,7,10,13H2,1-3H3/t19-/m1/s1. The van der Waals surface area contributed by atoms with Crippen LogP contribution >= 0.6 is 0 Å². The molecule has 1 aliphatic rings. The van der Waals surface area contributed by atoms with Crippen LogP contribution in [0, 0.1) is 0 Å². The van der Waals surface area contributed by atoms with Gasteiger partial charge in [-0.05, 0) is 43.5 Å². The fraction of sp³-hybridized carbons (Fsp3) is 0.348. The van der Waals surface area contributed by atoms with Crippen LogP contribution in [0.3, 0.4) is 0 Å². The molecule has 1 aliphatic heterocycles.